The van der Waals surface area contributed by atoms with E-state index in [4.69, 9.17) is 26.1 Å². The summed E-state index contributed by atoms with van der Waals surface area (Å²) in [5.41, 5.74) is 3.11. The van der Waals surface area contributed by atoms with Crippen molar-refractivity contribution in [3.05, 3.63) is 89.2 Å². The molecule has 0 aliphatic carbocycles. The van der Waals surface area contributed by atoms with E-state index in [0.717, 1.165) is 47.6 Å². The van der Waals surface area contributed by atoms with Crippen molar-refractivity contribution in [1.29, 1.82) is 0 Å². The second kappa shape index (κ2) is 11.8. The number of para-hydroxylation sites is 3. The smallest absolute Gasteiger partial charge is 0.258 e. The molecule has 4 aromatic rings. The predicted octanol–water partition coefficient (Wildman–Crippen LogP) is 6.11. The summed E-state index contributed by atoms with van der Waals surface area (Å²) < 4.78 is 13.7. The molecule has 1 N–H and O–H groups in total. The van der Waals surface area contributed by atoms with Gasteiger partial charge in [-0.3, -0.25) is 4.79 Å². The average molecular weight is 492 g/mol. The molecule has 1 amide bonds. The van der Waals surface area contributed by atoms with E-state index in [9.17, 15) is 4.79 Å². The van der Waals surface area contributed by atoms with Gasteiger partial charge in [-0.2, -0.15) is 0 Å². The van der Waals surface area contributed by atoms with Crippen LogP contribution in [0.4, 0.5) is 0 Å². The third-order valence-electron chi connectivity index (χ3n) is 5.76. The number of unbranched alkanes of at least 4 members (excludes halogenated alkanes) is 1. The van der Waals surface area contributed by atoms with Gasteiger partial charge in [-0.15, -0.1) is 0 Å². The highest BCUT2D eigenvalue weighted by Gasteiger charge is 2.18. The molecule has 1 heterocycles. The Kier molecular flexibility index (Phi) is 8.27. The molecule has 4 rings (SSSR count). The molecule has 0 aliphatic rings. The van der Waals surface area contributed by atoms with Crippen LogP contribution in [0.15, 0.2) is 72.8 Å². The van der Waals surface area contributed by atoms with E-state index in [1.54, 1.807) is 24.3 Å². The van der Waals surface area contributed by atoms with Crippen LogP contribution in [0.25, 0.3) is 11.0 Å². The molecule has 3 aromatic carbocycles. The molecule has 0 saturated carbocycles. The zero-order valence-electron chi connectivity index (χ0n) is 20.0. The molecule has 0 saturated heterocycles. The number of carbonyl (C=O) groups is 1. The average Bonchev–Trinajstić information content (AvgIpc) is 3.23. The fourth-order valence-corrected chi connectivity index (χ4v) is 4.09. The van der Waals surface area contributed by atoms with E-state index in [2.05, 4.69) is 28.9 Å². The Bertz CT molecular complexity index is 1270. The van der Waals surface area contributed by atoms with Gasteiger partial charge in [0, 0.05) is 11.6 Å². The minimum Gasteiger partial charge on any atom is -0.493 e. The Labute approximate surface area is 210 Å². The fourth-order valence-electron chi connectivity index (χ4n) is 3.96. The van der Waals surface area contributed by atoms with Gasteiger partial charge in [0.2, 0.25) is 0 Å². The van der Waals surface area contributed by atoms with E-state index in [1.807, 2.05) is 43.3 Å². The number of hydrogen-bond acceptors (Lipinski definition) is 4. The van der Waals surface area contributed by atoms with E-state index < -0.39 is 0 Å². The van der Waals surface area contributed by atoms with Crippen molar-refractivity contribution in [2.75, 3.05) is 13.2 Å². The van der Waals surface area contributed by atoms with Crippen molar-refractivity contribution in [1.82, 2.24) is 14.9 Å². The number of ether oxygens (including phenoxy) is 2. The lowest BCUT2D eigenvalue weighted by atomic mass is 10.2. The molecule has 1 aromatic heterocycles. The van der Waals surface area contributed by atoms with Crippen molar-refractivity contribution in [2.45, 2.75) is 39.3 Å². The molecule has 0 bridgehead atoms. The number of rotatable bonds is 11. The maximum absolute atomic E-state index is 12.5. The van der Waals surface area contributed by atoms with Crippen molar-refractivity contribution in [3.63, 3.8) is 0 Å². The Morgan fingerprint density at radius 3 is 2.54 bits per heavy atom. The normalized spacial score (nSPS) is 11.9. The molecule has 0 aliphatic heterocycles. The molecule has 35 heavy (non-hydrogen) atoms. The first kappa shape index (κ1) is 24.6. The van der Waals surface area contributed by atoms with Crippen LogP contribution in [0.5, 0.6) is 11.5 Å². The van der Waals surface area contributed by atoms with Gasteiger partial charge in [-0.1, -0.05) is 41.9 Å². The molecule has 0 spiro atoms. The highest BCUT2D eigenvalue weighted by atomic mass is 35.5. The van der Waals surface area contributed by atoms with Gasteiger partial charge < -0.3 is 19.4 Å². The van der Waals surface area contributed by atoms with Crippen LogP contribution in [-0.2, 0) is 11.3 Å². The number of imidazole rings is 1. The summed E-state index contributed by atoms with van der Waals surface area (Å²) in [5, 5.41) is 3.63. The number of nitrogens with zero attached hydrogens (tertiary/aromatic N) is 2. The lowest BCUT2D eigenvalue weighted by Crippen LogP contribution is -2.32. The molecule has 1 unspecified atom stereocenters. The lowest BCUT2D eigenvalue weighted by Gasteiger charge is -2.17. The number of amides is 1. The number of aryl methyl sites for hydroxylation is 2. The third kappa shape index (κ3) is 6.55. The van der Waals surface area contributed by atoms with Crippen molar-refractivity contribution in [2.24, 2.45) is 0 Å². The number of hydrogen-bond donors (Lipinski definition) is 1. The number of aromatic nitrogens is 2. The Morgan fingerprint density at radius 2 is 1.74 bits per heavy atom. The zero-order chi connectivity index (χ0) is 24.6. The van der Waals surface area contributed by atoms with E-state index >= 15 is 0 Å². The highest BCUT2D eigenvalue weighted by Crippen LogP contribution is 2.22. The monoisotopic (exact) mass is 491 g/mol. The quantitative estimate of drug-likeness (QED) is 0.257. The van der Waals surface area contributed by atoms with Crippen LogP contribution in [0.2, 0.25) is 5.02 Å². The molecule has 182 valence electrons. The lowest BCUT2D eigenvalue weighted by molar-refractivity contribution is -0.123. The van der Waals surface area contributed by atoms with Gasteiger partial charge in [-0.05, 0) is 74.7 Å². The zero-order valence-corrected chi connectivity index (χ0v) is 20.8. The van der Waals surface area contributed by atoms with Gasteiger partial charge in [0.25, 0.3) is 5.91 Å². The van der Waals surface area contributed by atoms with Gasteiger partial charge >= 0.3 is 0 Å². The first-order valence-corrected chi connectivity index (χ1v) is 12.2. The summed E-state index contributed by atoms with van der Waals surface area (Å²) in [6.07, 6.45) is 1.84. The van der Waals surface area contributed by atoms with Crippen LogP contribution in [0.1, 0.15) is 37.2 Å². The van der Waals surface area contributed by atoms with Crippen molar-refractivity contribution in [3.8, 4) is 11.5 Å². The molecule has 1 atom stereocenters. The number of benzene rings is 3. The first-order valence-electron chi connectivity index (χ1n) is 11.8. The predicted molar refractivity (Wildman–Crippen MR) is 139 cm³/mol. The van der Waals surface area contributed by atoms with Crippen LogP contribution < -0.4 is 14.8 Å². The Morgan fingerprint density at radius 1 is 1.00 bits per heavy atom. The number of nitrogens with one attached hydrogen (secondary N) is 1. The fraction of sp³-hybridized carbons (Fsp3) is 0.286. The van der Waals surface area contributed by atoms with Crippen LogP contribution >= 0.6 is 11.6 Å². The summed E-state index contributed by atoms with van der Waals surface area (Å²) in [6, 6.07) is 22.8. The largest absolute Gasteiger partial charge is 0.493 e. The molecule has 6 nitrogen and oxygen atoms in total. The minimum absolute atomic E-state index is 0.0809. The van der Waals surface area contributed by atoms with Crippen LogP contribution in [-0.4, -0.2) is 28.7 Å². The van der Waals surface area contributed by atoms with E-state index in [1.165, 1.54) is 0 Å². The number of halogens is 1. The molecule has 7 heteroatoms. The second-order valence-electron chi connectivity index (χ2n) is 8.46. The maximum atomic E-state index is 12.5. The summed E-state index contributed by atoms with van der Waals surface area (Å²) in [7, 11) is 0. The number of carbonyl (C=O) groups excluding carboxylic acids is 1. The summed E-state index contributed by atoms with van der Waals surface area (Å²) in [4.78, 5) is 17.4. The molecule has 0 fully saturated rings. The minimum atomic E-state index is -0.271. The standard InChI is InChI=1S/C28H30ClN3O3/c1-20-9-3-6-12-26(20)34-18-8-7-17-32-25-11-5-4-10-24(25)31-28(32)21(2)30-27(33)19-35-23-15-13-22(29)14-16-23/h3-6,9-16,21H,7-8,17-19H2,1-2H3,(H,30,33). The van der Waals surface area contributed by atoms with E-state index in [-0.39, 0.29) is 18.6 Å². The maximum Gasteiger partial charge on any atom is 0.258 e. The number of fused-ring (bicyclic) bond motifs is 1. The van der Waals surface area contributed by atoms with Gasteiger partial charge in [0.1, 0.15) is 17.3 Å². The Balaban J connectivity index is 1.35. The van der Waals surface area contributed by atoms with E-state index in [0.29, 0.717) is 17.4 Å². The molecular weight excluding hydrogens is 462 g/mol. The van der Waals surface area contributed by atoms with Crippen LogP contribution in [0, 0.1) is 6.92 Å². The van der Waals surface area contributed by atoms with Gasteiger partial charge in [0.15, 0.2) is 6.61 Å². The van der Waals surface area contributed by atoms with Crippen LogP contribution in [0.3, 0.4) is 0 Å². The topological polar surface area (TPSA) is 65.4 Å². The summed E-state index contributed by atoms with van der Waals surface area (Å²) in [5.74, 6) is 2.14. The van der Waals surface area contributed by atoms with Gasteiger partial charge in [0.05, 0.1) is 23.7 Å². The van der Waals surface area contributed by atoms with Crippen molar-refractivity contribution < 1.29 is 14.3 Å². The first-order chi connectivity index (χ1) is 17.0. The van der Waals surface area contributed by atoms with Gasteiger partial charge in [-0.25, -0.2) is 4.98 Å². The third-order valence-corrected chi connectivity index (χ3v) is 6.01. The molecular formula is C28H30ClN3O3. The second-order valence-corrected chi connectivity index (χ2v) is 8.90. The highest BCUT2D eigenvalue weighted by molar-refractivity contribution is 6.30. The Hall–Kier alpha value is -3.51. The summed E-state index contributed by atoms with van der Waals surface area (Å²) >= 11 is 5.90. The SMILES string of the molecule is Cc1ccccc1OCCCCn1c(C(C)NC(=O)COc2ccc(Cl)cc2)nc2ccccc21. The van der Waals surface area contributed by atoms with Crippen molar-refractivity contribution >= 4 is 28.5 Å². The summed E-state index contributed by atoms with van der Waals surface area (Å²) in [6.45, 7) is 5.35. The molecule has 0 radical (unpaired) electrons.